The van der Waals surface area contributed by atoms with E-state index in [-0.39, 0.29) is 17.0 Å². The molecule has 0 bridgehead atoms. The fraction of sp³-hybridized carbons (Fsp3) is 0.667. The Hall–Kier alpha value is -0.920. The van der Waals surface area contributed by atoms with Gasteiger partial charge in [-0.1, -0.05) is 6.92 Å². The van der Waals surface area contributed by atoms with Gasteiger partial charge in [0.05, 0.1) is 0 Å². The van der Waals surface area contributed by atoms with Gasteiger partial charge in [-0.2, -0.15) is 0 Å². The zero-order valence-electron chi connectivity index (χ0n) is 8.85. The third kappa shape index (κ3) is 1.24. The second kappa shape index (κ2) is 3.04. The van der Waals surface area contributed by atoms with Crippen LogP contribution in [-0.2, 0) is 9.59 Å². The van der Waals surface area contributed by atoms with Crippen LogP contribution >= 0.6 is 0 Å². The Morgan fingerprint density at radius 3 is 2.50 bits per heavy atom. The highest BCUT2D eigenvalue weighted by Gasteiger charge is 2.41. The van der Waals surface area contributed by atoms with E-state index < -0.39 is 0 Å². The molecule has 0 amide bonds. The van der Waals surface area contributed by atoms with E-state index in [9.17, 15) is 9.59 Å². The Morgan fingerprint density at radius 1 is 1.07 bits per heavy atom. The number of fused-ring (bicyclic) bond motifs is 1. The normalized spacial score (nSPS) is 33.3. The molecule has 1 atom stereocenters. The van der Waals surface area contributed by atoms with E-state index in [1.807, 2.05) is 6.92 Å². The van der Waals surface area contributed by atoms with Gasteiger partial charge in [0.15, 0.2) is 11.6 Å². The average Bonchev–Trinajstić information content (AvgIpc) is 2.12. The summed E-state index contributed by atoms with van der Waals surface area (Å²) in [7, 11) is 0. The van der Waals surface area contributed by atoms with Crippen LogP contribution in [0, 0.1) is 5.41 Å². The number of carbonyl (C=O) groups is 2. The molecule has 76 valence electrons. The molecule has 0 aromatic heterocycles. The van der Waals surface area contributed by atoms with Gasteiger partial charge in [-0.05, 0) is 37.2 Å². The number of Topliss-reactive ketones (excluding diaryl/α,β-unsaturated/α-hetero) is 2. The molecule has 0 heterocycles. The summed E-state index contributed by atoms with van der Waals surface area (Å²) in [6, 6.07) is 0. The molecule has 1 saturated carbocycles. The molecule has 0 aromatic carbocycles. The summed E-state index contributed by atoms with van der Waals surface area (Å²) in [5.74, 6) is 0.386. The third-order valence-corrected chi connectivity index (χ3v) is 3.71. The van der Waals surface area contributed by atoms with E-state index in [4.69, 9.17) is 0 Å². The molecule has 2 rings (SSSR count). The minimum absolute atomic E-state index is 0.00727. The van der Waals surface area contributed by atoms with Gasteiger partial charge < -0.3 is 0 Å². The summed E-state index contributed by atoms with van der Waals surface area (Å²) in [5, 5.41) is 0. The summed E-state index contributed by atoms with van der Waals surface area (Å²) < 4.78 is 0. The number of rotatable bonds is 0. The highest BCUT2D eigenvalue weighted by molar-refractivity contribution is 6.08. The minimum atomic E-state index is 0.00727. The molecular formula is C12H16O2. The Bertz CT molecular complexity index is 338. The molecule has 0 aromatic rings. The van der Waals surface area contributed by atoms with E-state index >= 15 is 0 Å². The number of hydrogen-bond acceptors (Lipinski definition) is 2. The lowest BCUT2D eigenvalue weighted by atomic mass is 9.63. The molecule has 0 radical (unpaired) electrons. The Kier molecular flexibility index (Phi) is 2.09. The van der Waals surface area contributed by atoms with Gasteiger partial charge in [0.25, 0.3) is 0 Å². The zero-order valence-corrected chi connectivity index (χ0v) is 8.85. The van der Waals surface area contributed by atoms with Crippen LogP contribution in [0.4, 0.5) is 0 Å². The first-order valence-electron chi connectivity index (χ1n) is 5.32. The van der Waals surface area contributed by atoms with Gasteiger partial charge in [0.1, 0.15) is 0 Å². The maximum Gasteiger partial charge on any atom is 0.159 e. The first-order chi connectivity index (χ1) is 6.54. The monoisotopic (exact) mass is 192 g/mol. The summed E-state index contributed by atoms with van der Waals surface area (Å²) in [5.41, 5.74) is 1.59. The maximum absolute atomic E-state index is 11.8. The lowest BCUT2D eigenvalue weighted by Crippen LogP contribution is -2.35. The molecule has 0 saturated heterocycles. The van der Waals surface area contributed by atoms with E-state index in [1.165, 1.54) is 0 Å². The summed E-state index contributed by atoms with van der Waals surface area (Å²) in [6.07, 6.45) is 4.18. The summed E-state index contributed by atoms with van der Waals surface area (Å²) in [6.45, 7) is 3.95. The Morgan fingerprint density at radius 2 is 1.79 bits per heavy atom. The van der Waals surface area contributed by atoms with Gasteiger partial charge in [0.2, 0.25) is 0 Å². The average molecular weight is 192 g/mol. The smallest absolute Gasteiger partial charge is 0.159 e. The SMILES string of the molecule is CC1=C2C(=O)CCC[C@]2(C)CCC1=O. The standard InChI is InChI=1S/C12H16O2/c1-8-9(13)5-7-12(2)6-3-4-10(14)11(8)12/h3-7H2,1-2H3/t12-/m1/s1. The first kappa shape index (κ1) is 9.63. The van der Waals surface area contributed by atoms with Crippen LogP contribution in [0.3, 0.4) is 0 Å². The van der Waals surface area contributed by atoms with Crippen molar-refractivity contribution < 1.29 is 9.59 Å². The molecule has 0 spiro atoms. The number of hydrogen-bond donors (Lipinski definition) is 0. The first-order valence-corrected chi connectivity index (χ1v) is 5.32. The van der Waals surface area contributed by atoms with Crippen molar-refractivity contribution in [2.24, 2.45) is 5.41 Å². The maximum atomic E-state index is 11.8. The third-order valence-electron chi connectivity index (χ3n) is 3.71. The molecule has 2 heteroatoms. The van der Waals surface area contributed by atoms with Crippen molar-refractivity contribution in [2.45, 2.75) is 46.0 Å². The largest absolute Gasteiger partial charge is 0.295 e. The van der Waals surface area contributed by atoms with Crippen LogP contribution in [0.1, 0.15) is 46.0 Å². The van der Waals surface area contributed by atoms with Gasteiger partial charge >= 0.3 is 0 Å². The molecule has 0 N–H and O–H groups in total. The predicted molar refractivity (Wildman–Crippen MR) is 53.9 cm³/mol. The zero-order chi connectivity index (χ0) is 10.3. The molecular weight excluding hydrogens is 176 g/mol. The highest BCUT2D eigenvalue weighted by Crippen LogP contribution is 2.46. The lowest BCUT2D eigenvalue weighted by Gasteiger charge is -2.39. The Labute approximate surface area is 84.4 Å². The summed E-state index contributed by atoms with van der Waals surface area (Å²) >= 11 is 0. The van der Waals surface area contributed by atoms with Crippen molar-refractivity contribution in [3.63, 3.8) is 0 Å². The van der Waals surface area contributed by atoms with Gasteiger partial charge in [-0.3, -0.25) is 9.59 Å². The van der Waals surface area contributed by atoms with Gasteiger partial charge in [-0.25, -0.2) is 0 Å². The van der Waals surface area contributed by atoms with Crippen molar-refractivity contribution in [3.8, 4) is 0 Å². The quantitative estimate of drug-likeness (QED) is 0.590. The van der Waals surface area contributed by atoms with Crippen LogP contribution in [0.15, 0.2) is 11.1 Å². The van der Waals surface area contributed by atoms with E-state index in [0.717, 1.165) is 30.4 Å². The van der Waals surface area contributed by atoms with Crippen LogP contribution in [0.2, 0.25) is 0 Å². The topological polar surface area (TPSA) is 34.1 Å². The van der Waals surface area contributed by atoms with Crippen molar-refractivity contribution in [2.75, 3.05) is 0 Å². The van der Waals surface area contributed by atoms with Gasteiger partial charge in [-0.15, -0.1) is 0 Å². The van der Waals surface area contributed by atoms with Crippen LogP contribution in [-0.4, -0.2) is 11.6 Å². The van der Waals surface area contributed by atoms with Crippen LogP contribution in [0.25, 0.3) is 0 Å². The molecule has 2 aliphatic rings. The molecule has 2 nitrogen and oxygen atoms in total. The number of ketones is 2. The highest BCUT2D eigenvalue weighted by atomic mass is 16.1. The Balaban J connectivity index is 2.52. The van der Waals surface area contributed by atoms with Crippen molar-refractivity contribution >= 4 is 11.6 Å². The lowest BCUT2D eigenvalue weighted by molar-refractivity contribution is -0.122. The van der Waals surface area contributed by atoms with E-state index in [2.05, 4.69) is 6.92 Å². The molecule has 2 aliphatic carbocycles. The van der Waals surface area contributed by atoms with Crippen molar-refractivity contribution in [3.05, 3.63) is 11.1 Å². The molecule has 14 heavy (non-hydrogen) atoms. The fourth-order valence-corrected chi connectivity index (χ4v) is 2.85. The van der Waals surface area contributed by atoms with Crippen molar-refractivity contribution in [1.82, 2.24) is 0 Å². The summed E-state index contributed by atoms with van der Waals surface area (Å²) in [4.78, 5) is 23.3. The van der Waals surface area contributed by atoms with Crippen molar-refractivity contribution in [1.29, 1.82) is 0 Å². The van der Waals surface area contributed by atoms with Gasteiger partial charge in [0, 0.05) is 18.4 Å². The fourth-order valence-electron chi connectivity index (χ4n) is 2.85. The van der Waals surface area contributed by atoms with E-state index in [0.29, 0.717) is 12.8 Å². The predicted octanol–water partition coefficient (Wildman–Crippen LogP) is 2.43. The van der Waals surface area contributed by atoms with E-state index in [1.54, 1.807) is 0 Å². The second-order valence-electron chi connectivity index (χ2n) is 4.76. The minimum Gasteiger partial charge on any atom is -0.295 e. The van der Waals surface area contributed by atoms with Crippen LogP contribution in [0.5, 0.6) is 0 Å². The number of carbonyl (C=O) groups excluding carboxylic acids is 2. The molecule has 1 fully saturated rings. The molecule has 0 unspecified atom stereocenters. The van der Waals surface area contributed by atoms with Crippen LogP contribution < -0.4 is 0 Å². The molecule has 0 aliphatic heterocycles. The second-order valence-corrected chi connectivity index (χ2v) is 4.76. The number of allylic oxidation sites excluding steroid dienone is 2.